The molecule has 0 radical (unpaired) electrons. The van der Waals surface area contributed by atoms with Gasteiger partial charge < -0.3 is 10.2 Å². The average molecular weight is 282 g/mol. The molecule has 116 valence electrons. The molecule has 0 bridgehead atoms. The third-order valence-corrected chi connectivity index (χ3v) is 4.33. The second-order valence-electron chi connectivity index (χ2n) is 5.83. The second-order valence-corrected chi connectivity index (χ2v) is 5.83. The van der Waals surface area contributed by atoms with Crippen LogP contribution >= 0.6 is 0 Å². The standard InChI is InChI=1S/C16H30N2O2/c1-5-9-13-16(20)18(11-12(7-3)8-4)14(10-6-2)15(19)17-13/h12-14H,5-11H2,1-4H3,(H,17,19). The van der Waals surface area contributed by atoms with Crippen LogP contribution < -0.4 is 5.32 Å². The Labute approximate surface area is 123 Å². The summed E-state index contributed by atoms with van der Waals surface area (Å²) in [5.74, 6) is 0.652. The first-order valence-electron chi connectivity index (χ1n) is 8.19. The number of nitrogens with zero attached hydrogens (tertiary/aromatic N) is 1. The van der Waals surface area contributed by atoms with E-state index in [0.29, 0.717) is 5.92 Å². The van der Waals surface area contributed by atoms with Crippen molar-refractivity contribution in [2.75, 3.05) is 6.54 Å². The van der Waals surface area contributed by atoms with Gasteiger partial charge in [0, 0.05) is 6.54 Å². The maximum Gasteiger partial charge on any atom is 0.245 e. The summed E-state index contributed by atoms with van der Waals surface area (Å²) in [6, 6.07) is -0.573. The number of hydrogen-bond donors (Lipinski definition) is 1. The Bertz CT molecular complexity index is 326. The van der Waals surface area contributed by atoms with Crippen molar-refractivity contribution in [3.8, 4) is 0 Å². The van der Waals surface area contributed by atoms with Crippen molar-refractivity contribution in [3.05, 3.63) is 0 Å². The lowest BCUT2D eigenvalue weighted by molar-refractivity contribution is -0.150. The van der Waals surface area contributed by atoms with Crippen molar-refractivity contribution in [2.24, 2.45) is 5.92 Å². The maximum atomic E-state index is 12.6. The fourth-order valence-electron chi connectivity index (χ4n) is 2.91. The number of nitrogens with one attached hydrogen (secondary N) is 1. The van der Waals surface area contributed by atoms with Gasteiger partial charge in [0.05, 0.1) is 0 Å². The molecular weight excluding hydrogens is 252 g/mol. The molecule has 0 saturated carbocycles. The summed E-state index contributed by atoms with van der Waals surface area (Å²) in [4.78, 5) is 26.8. The predicted octanol–water partition coefficient (Wildman–Crippen LogP) is 2.72. The third kappa shape index (κ3) is 3.97. The highest BCUT2D eigenvalue weighted by molar-refractivity contribution is 5.96. The summed E-state index contributed by atoms with van der Waals surface area (Å²) in [6.07, 6.45) is 5.44. The van der Waals surface area contributed by atoms with Crippen LogP contribution in [0.5, 0.6) is 0 Å². The monoisotopic (exact) mass is 282 g/mol. The van der Waals surface area contributed by atoms with Crippen LogP contribution in [-0.2, 0) is 9.59 Å². The Kier molecular flexibility index (Phi) is 7.03. The van der Waals surface area contributed by atoms with Gasteiger partial charge in [-0.2, -0.15) is 0 Å². The molecule has 0 aliphatic carbocycles. The van der Waals surface area contributed by atoms with Crippen molar-refractivity contribution >= 4 is 11.8 Å². The van der Waals surface area contributed by atoms with Crippen molar-refractivity contribution in [1.29, 1.82) is 0 Å². The molecule has 1 saturated heterocycles. The van der Waals surface area contributed by atoms with Gasteiger partial charge in [0.15, 0.2) is 0 Å². The van der Waals surface area contributed by atoms with E-state index in [1.54, 1.807) is 0 Å². The van der Waals surface area contributed by atoms with Gasteiger partial charge in [-0.15, -0.1) is 0 Å². The zero-order chi connectivity index (χ0) is 15.1. The zero-order valence-corrected chi connectivity index (χ0v) is 13.4. The van der Waals surface area contributed by atoms with Crippen molar-refractivity contribution in [1.82, 2.24) is 10.2 Å². The van der Waals surface area contributed by atoms with Gasteiger partial charge in [-0.1, -0.05) is 53.4 Å². The summed E-state index contributed by atoms with van der Waals surface area (Å²) in [7, 11) is 0. The molecule has 20 heavy (non-hydrogen) atoms. The number of amides is 2. The van der Waals surface area contributed by atoms with E-state index in [1.807, 2.05) is 11.8 Å². The molecular formula is C16H30N2O2. The quantitative estimate of drug-likeness (QED) is 0.744. The number of rotatable bonds is 8. The highest BCUT2D eigenvalue weighted by atomic mass is 16.2. The molecule has 1 N–H and O–H groups in total. The second kappa shape index (κ2) is 8.28. The van der Waals surface area contributed by atoms with Crippen LogP contribution in [-0.4, -0.2) is 35.3 Å². The lowest BCUT2D eigenvalue weighted by Gasteiger charge is -2.40. The molecule has 0 aromatic rings. The Balaban J connectivity index is 2.88. The first kappa shape index (κ1) is 17.0. The van der Waals surface area contributed by atoms with Crippen molar-refractivity contribution in [3.63, 3.8) is 0 Å². The van der Waals surface area contributed by atoms with E-state index in [-0.39, 0.29) is 23.9 Å². The van der Waals surface area contributed by atoms with Gasteiger partial charge in [-0.05, 0) is 18.8 Å². The molecule has 1 heterocycles. The minimum Gasteiger partial charge on any atom is -0.343 e. The van der Waals surface area contributed by atoms with E-state index in [0.717, 1.165) is 45.1 Å². The van der Waals surface area contributed by atoms with Crippen molar-refractivity contribution < 1.29 is 9.59 Å². The van der Waals surface area contributed by atoms with Crippen LogP contribution in [0.4, 0.5) is 0 Å². The number of carbonyl (C=O) groups is 2. The Morgan fingerprint density at radius 1 is 1.05 bits per heavy atom. The molecule has 0 aromatic heterocycles. The predicted molar refractivity (Wildman–Crippen MR) is 81.3 cm³/mol. The van der Waals surface area contributed by atoms with Crippen molar-refractivity contribution in [2.45, 2.75) is 78.3 Å². The summed E-state index contributed by atoms with van der Waals surface area (Å²) in [5.41, 5.74) is 0. The SMILES string of the molecule is CCCC1NC(=O)C(CCC)N(CC(CC)CC)C1=O. The van der Waals surface area contributed by atoms with E-state index in [9.17, 15) is 9.59 Å². The number of piperazine rings is 1. The van der Waals surface area contributed by atoms with Gasteiger partial charge >= 0.3 is 0 Å². The Morgan fingerprint density at radius 3 is 2.15 bits per heavy atom. The number of carbonyl (C=O) groups excluding carboxylic acids is 2. The topological polar surface area (TPSA) is 49.4 Å². The maximum absolute atomic E-state index is 12.6. The molecule has 1 fully saturated rings. The van der Waals surface area contributed by atoms with Gasteiger partial charge in [-0.25, -0.2) is 0 Å². The normalized spacial score (nSPS) is 23.4. The van der Waals surface area contributed by atoms with E-state index in [4.69, 9.17) is 0 Å². The third-order valence-electron chi connectivity index (χ3n) is 4.33. The lowest BCUT2D eigenvalue weighted by atomic mass is 9.96. The van der Waals surface area contributed by atoms with Gasteiger partial charge in [-0.3, -0.25) is 9.59 Å². The molecule has 4 heteroatoms. The summed E-state index contributed by atoms with van der Waals surface area (Å²) in [5, 5.41) is 2.91. The molecule has 2 atom stereocenters. The van der Waals surface area contributed by atoms with E-state index in [2.05, 4.69) is 26.1 Å². The molecule has 2 unspecified atom stereocenters. The molecule has 1 aliphatic rings. The lowest BCUT2D eigenvalue weighted by Crippen LogP contribution is -2.63. The van der Waals surface area contributed by atoms with Crippen LogP contribution in [0.15, 0.2) is 0 Å². The van der Waals surface area contributed by atoms with Crippen LogP contribution in [0.1, 0.15) is 66.2 Å². The number of hydrogen-bond acceptors (Lipinski definition) is 2. The van der Waals surface area contributed by atoms with Gasteiger partial charge in [0.2, 0.25) is 11.8 Å². The molecule has 2 amide bonds. The summed E-state index contributed by atoms with van der Waals surface area (Å²) < 4.78 is 0. The molecule has 0 spiro atoms. The zero-order valence-electron chi connectivity index (χ0n) is 13.4. The fraction of sp³-hybridized carbons (Fsp3) is 0.875. The molecule has 0 aromatic carbocycles. The first-order chi connectivity index (χ1) is 9.58. The smallest absolute Gasteiger partial charge is 0.245 e. The highest BCUT2D eigenvalue weighted by Crippen LogP contribution is 2.21. The van der Waals surface area contributed by atoms with Crippen LogP contribution in [0, 0.1) is 5.92 Å². The molecule has 4 nitrogen and oxygen atoms in total. The largest absolute Gasteiger partial charge is 0.343 e. The van der Waals surface area contributed by atoms with E-state index in [1.165, 1.54) is 0 Å². The van der Waals surface area contributed by atoms with Crippen LogP contribution in [0.3, 0.4) is 0 Å². The van der Waals surface area contributed by atoms with Gasteiger partial charge in [0.1, 0.15) is 12.1 Å². The first-order valence-corrected chi connectivity index (χ1v) is 8.19. The van der Waals surface area contributed by atoms with Gasteiger partial charge in [0.25, 0.3) is 0 Å². The molecule has 1 rings (SSSR count). The fourth-order valence-corrected chi connectivity index (χ4v) is 2.91. The van der Waals surface area contributed by atoms with E-state index < -0.39 is 0 Å². The van der Waals surface area contributed by atoms with E-state index >= 15 is 0 Å². The Hall–Kier alpha value is -1.06. The highest BCUT2D eigenvalue weighted by Gasteiger charge is 2.39. The summed E-state index contributed by atoms with van der Waals surface area (Å²) >= 11 is 0. The molecule has 1 aliphatic heterocycles. The Morgan fingerprint density at radius 2 is 1.65 bits per heavy atom. The average Bonchev–Trinajstić information content (AvgIpc) is 2.44. The van der Waals surface area contributed by atoms with Crippen LogP contribution in [0.2, 0.25) is 0 Å². The van der Waals surface area contributed by atoms with Crippen LogP contribution in [0.25, 0.3) is 0 Å². The minimum atomic E-state index is -0.310. The minimum absolute atomic E-state index is 0.0378. The summed E-state index contributed by atoms with van der Waals surface area (Å²) in [6.45, 7) is 9.14.